The third kappa shape index (κ3) is 1.73. The van der Waals surface area contributed by atoms with Crippen molar-refractivity contribution < 1.29 is 0 Å². The Labute approximate surface area is 160 Å². The average Bonchev–Trinajstić information content (AvgIpc) is 3.31. The van der Waals surface area contributed by atoms with E-state index in [-0.39, 0.29) is 0 Å². The zero-order chi connectivity index (χ0) is 18.2. The first kappa shape index (κ1) is 14.4. The van der Waals surface area contributed by atoms with Crippen molar-refractivity contribution in [1.82, 2.24) is 14.0 Å². The lowest BCUT2D eigenvalue weighted by Crippen LogP contribution is -2.42. The zero-order valence-electron chi connectivity index (χ0n) is 15.1. The third-order valence-corrected chi connectivity index (χ3v) is 6.04. The summed E-state index contributed by atoms with van der Waals surface area (Å²) in [7, 11) is 0. The van der Waals surface area contributed by atoms with Gasteiger partial charge in [-0.1, -0.05) is 30.3 Å². The molecule has 130 valence electrons. The lowest BCUT2D eigenvalue weighted by molar-refractivity contribution is 0.846. The van der Waals surface area contributed by atoms with E-state index in [9.17, 15) is 0 Å². The molecule has 3 nitrogen and oxygen atoms in total. The number of fused-ring (bicyclic) bond motifs is 8. The van der Waals surface area contributed by atoms with Gasteiger partial charge in [-0.05, 0) is 30.3 Å². The Morgan fingerprint density at radius 2 is 1.79 bits per heavy atom. The molecule has 5 aromatic rings. The fourth-order valence-electron chi connectivity index (χ4n) is 4.73. The summed E-state index contributed by atoms with van der Waals surface area (Å²) < 4.78 is 4.66. The molecule has 0 fully saturated rings. The van der Waals surface area contributed by atoms with E-state index in [0.717, 1.165) is 17.4 Å². The van der Waals surface area contributed by atoms with E-state index in [1.807, 2.05) is 0 Å². The van der Waals surface area contributed by atoms with Gasteiger partial charge in [0.1, 0.15) is 0 Å². The Kier molecular flexibility index (Phi) is 2.54. The number of hydrogen-bond acceptors (Lipinski definition) is 1. The van der Waals surface area contributed by atoms with Crippen LogP contribution >= 0.6 is 0 Å². The van der Waals surface area contributed by atoms with Gasteiger partial charge < -0.3 is 4.40 Å². The van der Waals surface area contributed by atoms with Crippen molar-refractivity contribution in [1.29, 1.82) is 0 Å². The van der Waals surface area contributed by atoms with Gasteiger partial charge in [0.15, 0.2) is 6.54 Å². The lowest BCUT2D eigenvalue weighted by atomic mass is 10.1. The van der Waals surface area contributed by atoms with Gasteiger partial charge in [0, 0.05) is 35.2 Å². The summed E-state index contributed by atoms with van der Waals surface area (Å²) in [6, 6.07) is 23.9. The molecule has 0 atom stereocenters. The maximum atomic E-state index is 5.02. The van der Waals surface area contributed by atoms with Crippen LogP contribution in [0.15, 0.2) is 72.9 Å². The second kappa shape index (κ2) is 4.96. The summed E-state index contributed by atoms with van der Waals surface area (Å²) in [6.07, 6.45) is 6.68. The molecule has 0 saturated heterocycles. The number of aromatic nitrogens is 2. The molecule has 28 heavy (non-hydrogen) atoms. The van der Waals surface area contributed by atoms with Gasteiger partial charge in [-0.3, -0.25) is 0 Å². The SMILES string of the molecule is C1=c2ccccc2=[N+]2CC=c3nc4ccn5c6ccccc6cc5c4cc3=C12. The highest BCUT2D eigenvalue weighted by atomic mass is 15.0. The van der Waals surface area contributed by atoms with Gasteiger partial charge in [0.05, 0.1) is 32.3 Å². The van der Waals surface area contributed by atoms with Gasteiger partial charge in [-0.15, -0.1) is 0 Å². The number of hydrogen-bond donors (Lipinski definition) is 0. The molecule has 5 heterocycles. The van der Waals surface area contributed by atoms with Crippen LogP contribution in [0, 0.1) is 0 Å². The molecule has 2 aromatic carbocycles. The van der Waals surface area contributed by atoms with Crippen LogP contribution in [0.3, 0.4) is 0 Å². The molecule has 0 unspecified atom stereocenters. The molecule has 3 aromatic heterocycles. The highest BCUT2D eigenvalue weighted by Crippen LogP contribution is 2.25. The van der Waals surface area contributed by atoms with Crippen LogP contribution in [0.25, 0.3) is 45.2 Å². The van der Waals surface area contributed by atoms with Gasteiger partial charge in [0.2, 0.25) is 11.1 Å². The smallest absolute Gasteiger partial charge is 0.216 e. The summed E-state index contributed by atoms with van der Waals surface area (Å²) in [5, 5.41) is 7.33. The largest absolute Gasteiger partial charge is 0.316 e. The summed E-state index contributed by atoms with van der Waals surface area (Å²) in [5.41, 5.74) is 4.75. The molecule has 2 aliphatic rings. The summed E-state index contributed by atoms with van der Waals surface area (Å²) in [5.74, 6) is 0. The lowest BCUT2D eigenvalue weighted by Gasteiger charge is -2.07. The average molecular weight is 358 g/mol. The van der Waals surface area contributed by atoms with Gasteiger partial charge in [-0.25, -0.2) is 4.98 Å². The predicted molar refractivity (Wildman–Crippen MR) is 114 cm³/mol. The van der Waals surface area contributed by atoms with Crippen LogP contribution in [-0.2, 0) is 0 Å². The third-order valence-electron chi connectivity index (χ3n) is 6.04. The second-order valence-electron chi connectivity index (χ2n) is 7.53. The Hall–Kier alpha value is -3.72. The van der Waals surface area contributed by atoms with Crippen LogP contribution in [0.1, 0.15) is 0 Å². The van der Waals surface area contributed by atoms with Crippen LogP contribution < -0.4 is 25.7 Å². The minimum atomic E-state index is 0.867. The van der Waals surface area contributed by atoms with Gasteiger partial charge in [0.25, 0.3) is 0 Å². The highest BCUT2D eigenvalue weighted by Gasteiger charge is 2.22. The Morgan fingerprint density at radius 3 is 2.79 bits per heavy atom. The highest BCUT2D eigenvalue weighted by molar-refractivity contribution is 6.01. The van der Waals surface area contributed by atoms with Crippen LogP contribution in [0.2, 0.25) is 0 Å². The van der Waals surface area contributed by atoms with Crippen molar-refractivity contribution >= 4 is 45.2 Å². The molecular weight excluding hydrogens is 342 g/mol. The van der Waals surface area contributed by atoms with E-state index in [0.29, 0.717) is 0 Å². The fourth-order valence-corrected chi connectivity index (χ4v) is 4.73. The molecular formula is C25H16N3+. The van der Waals surface area contributed by atoms with E-state index in [4.69, 9.17) is 4.98 Å². The van der Waals surface area contributed by atoms with E-state index in [2.05, 4.69) is 94.1 Å². The van der Waals surface area contributed by atoms with E-state index in [1.54, 1.807) is 0 Å². The zero-order valence-corrected chi connectivity index (χ0v) is 15.1. The van der Waals surface area contributed by atoms with Crippen molar-refractivity contribution in [3.63, 3.8) is 0 Å². The van der Waals surface area contributed by atoms with Gasteiger partial charge in [-0.2, -0.15) is 4.58 Å². The molecule has 0 spiro atoms. The van der Waals surface area contributed by atoms with Crippen molar-refractivity contribution in [3.8, 4) is 0 Å². The fraction of sp³-hybridized carbons (Fsp3) is 0.0400. The first-order valence-corrected chi connectivity index (χ1v) is 9.62. The molecule has 0 bridgehead atoms. The Morgan fingerprint density at radius 1 is 0.893 bits per heavy atom. The van der Waals surface area contributed by atoms with E-state index < -0.39 is 0 Å². The molecule has 0 aliphatic carbocycles. The van der Waals surface area contributed by atoms with Crippen molar-refractivity contribution in [2.24, 2.45) is 0 Å². The summed E-state index contributed by atoms with van der Waals surface area (Å²) in [4.78, 5) is 5.02. The monoisotopic (exact) mass is 358 g/mol. The topological polar surface area (TPSA) is 20.3 Å². The van der Waals surface area contributed by atoms with Gasteiger partial charge >= 0.3 is 0 Å². The minimum Gasteiger partial charge on any atom is -0.316 e. The number of benzene rings is 2. The second-order valence-corrected chi connectivity index (χ2v) is 7.53. The molecule has 0 saturated carbocycles. The number of pyridine rings is 2. The molecule has 0 radical (unpaired) electrons. The normalized spacial score (nSPS) is 14.7. The number of para-hydroxylation sites is 2. The maximum absolute atomic E-state index is 5.02. The molecule has 0 amide bonds. The number of rotatable bonds is 0. The summed E-state index contributed by atoms with van der Waals surface area (Å²) in [6.45, 7) is 0.867. The van der Waals surface area contributed by atoms with Crippen molar-refractivity contribution in [2.45, 2.75) is 0 Å². The molecule has 2 aliphatic heterocycles. The van der Waals surface area contributed by atoms with Crippen molar-refractivity contribution in [2.75, 3.05) is 6.54 Å². The Bertz CT molecular complexity index is 1740. The predicted octanol–water partition coefficient (Wildman–Crippen LogP) is 1.53. The first-order chi connectivity index (χ1) is 13.9. The Balaban J connectivity index is 1.69. The molecule has 3 heteroatoms. The number of nitrogens with zero attached hydrogens (tertiary/aromatic N) is 3. The summed E-state index contributed by atoms with van der Waals surface area (Å²) >= 11 is 0. The van der Waals surface area contributed by atoms with E-state index in [1.165, 1.54) is 43.3 Å². The van der Waals surface area contributed by atoms with Crippen LogP contribution in [-0.4, -0.2) is 15.9 Å². The first-order valence-electron chi connectivity index (χ1n) is 9.62. The molecule has 7 rings (SSSR count). The maximum Gasteiger partial charge on any atom is 0.216 e. The van der Waals surface area contributed by atoms with E-state index >= 15 is 0 Å². The quantitative estimate of drug-likeness (QED) is 0.385. The molecule has 0 N–H and O–H groups in total. The van der Waals surface area contributed by atoms with Crippen LogP contribution in [0.5, 0.6) is 0 Å². The van der Waals surface area contributed by atoms with Crippen molar-refractivity contribution in [3.05, 3.63) is 94.1 Å². The van der Waals surface area contributed by atoms with Crippen LogP contribution in [0.4, 0.5) is 0 Å². The minimum absolute atomic E-state index is 0.867. The standard InChI is InChI=1S/C25H16N3/c1-3-7-22-16(5-1)13-24-18-15-19-21(26-20(18)9-11-27(22)24)10-12-28-23-8-4-2-6-17(23)14-25(19)28/h1-11,13-15H,12H2/q+1.